The van der Waals surface area contributed by atoms with Crippen molar-refractivity contribution in [2.75, 3.05) is 5.32 Å². The van der Waals surface area contributed by atoms with E-state index in [2.05, 4.69) is 20.5 Å². The third-order valence-electron chi connectivity index (χ3n) is 4.91. The Hall–Kier alpha value is -4.39. The Morgan fingerprint density at radius 3 is 2.39 bits per heavy atom. The molecular formula is C24H18N6O. The summed E-state index contributed by atoms with van der Waals surface area (Å²) in [5.41, 5.74) is 5.48. The molecule has 3 heterocycles. The summed E-state index contributed by atoms with van der Waals surface area (Å²) >= 11 is 0. The standard InChI is InChI=1S/C24H18N6O/c1-16-5-7-18(8-6-16)24(31)26-19-11-9-17(10-12-19)20-13-14-22-27-28-23(30(22)29-20)21-4-2-3-15-25-21/h2-15H,1H3,(H,26,31). The second-order valence-electron chi connectivity index (χ2n) is 7.12. The van der Waals surface area contributed by atoms with E-state index in [1.807, 2.05) is 85.8 Å². The van der Waals surface area contributed by atoms with Gasteiger partial charge in [-0.1, -0.05) is 35.9 Å². The van der Waals surface area contributed by atoms with Gasteiger partial charge in [-0.3, -0.25) is 9.78 Å². The predicted octanol–water partition coefficient (Wildman–Crippen LogP) is 4.41. The van der Waals surface area contributed by atoms with Crippen LogP contribution in [0.5, 0.6) is 0 Å². The number of aryl methyl sites for hydroxylation is 1. The molecule has 0 atom stereocenters. The molecule has 2 aromatic carbocycles. The van der Waals surface area contributed by atoms with Crippen LogP contribution in [0.4, 0.5) is 5.69 Å². The molecule has 0 bridgehead atoms. The zero-order valence-corrected chi connectivity index (χ0v) is 16.7. The van der Waals surface area contributed by atoms with Gasteiger partial charge in [0, 0.05) is 23.0 Å². The fraction of sp³-hybridized carbons (Fsp3) is 0.0417. The van der Waals surface area contributed by atoms with E-state index in [-0.39, 0.29) is 5.91 Å². The molecule has 0 fully saturated rings. The van der Waals surface area contributed by atoms with Crippen LogP contribution in [0.15, 0.2) is 85.1 Å². The zero-order chi connectivity index (χ0) is 21.2. The number of anilines is 1. The first-order valence-corrected chi connectivity index (χ1v) is 9.80. The van der Waals surface area contributed by atoms with E-state index in [1.165, 1.54) is 0 Å². The molecule has 0 unspecified atom stereocenters. The largest absolute Gasteiger partial charge is 0.322 e. The van der Waals surface area contributed by atoms with Gasteiger partial charge in [-0.25, -0.2) is 0 Å². The summed E-state index contributed by atoms with van der Waals surface area (Å²) in [4.78, 5) is 16.8. The van der Waals surface area contributed by atoms with Crippen molar-refractivity contribution in [1.29, 1.82) is 0 Å². The van der Waals surface area contributed by atoms with E-state index in [9.17, 15) is 4.79 Å². The van der Waals surface area contributed by atoms with Gasteiger partial charge in [-0.15, -0.1) is 10.2 Å². The van der Waals surface area contributed by atoms with Crippen LogP contribution in [0, 0.1) is 6.92 Å². The molecule has 0 saturated heterocycles. The van der Waals surface area contributed by atoms with Gasteiger partial charge in [0.1, 0.15) is 5.69 Å². The van der Waals surface area contributed by atoms with Gasteiger partial charge in [0.15, 0.2) is 5.65 Å². The summed E-state index contributed by atoms with van der Waals surface area (Å²) in [6.07, 6.45) is 1.71. The first kappa shape index (κ1) is 18.6. The van der Waals surface area contributed by atoms with Crippen LogP contribution in [0.2, 0.25) is 0 Å². The highest BCUT2D eigenvalue weighted by Gasteiger charge is 2.12. The van der Waals surface area contributed by atoms with Crippen molar-refractivity contribution in [2.24, 2.45) is 0 Å². The fourth-order valence-electron chi connectivity index (χ4n) is 3.23. The van der Waals surface area contributed by atoms with Crippen LogP contribution in [0.1, 0.15) is 15.9 Å². The average Bonchev–Trinajstić information content (AvgIpc) is 3.24. The molecule has 1 amide bonds. The Labute approximate surface area is 178 Å². The van der Waals surface area contributed by atoms with Crippen LogP contribution in [0.25, 0.3) is 28.4 Å². The fourth-order valence-corrected chi connectivity index (χ4v) is 3.23. The van der Waals surface area contributed by atoms with Crippen molar-refractivity contribution >= 4 is 17.2 Å². The number of nitrogens with zero attached hydrogens (tertiary/aromatic N) is 5. The Morgan fingerprint density at radius 2 is 1.65 bits per heavy atom. The summed E-state index contributed by atoms with van der Waals surface area (Å²) in [5, 5.41) is 16.0. The molecule has 5 aromatic rings. The Kier molecular flexibility index (Phi) is 4.68. The molecule has 5 rings (SSSR count). The zero-order valence-electron chi connectivity index (χ0n) is 16.7. The molecule has 3 aromatic heterocycles. The monoisotopic (exact) mass is 406 g/mol. The minimum Gasteiger partial charge on any atom is -0.322 e. The van der Waals surface area contributed by atoms with Crippen molar-refractivity contribution in [1.82, 2.24) is 24.8 Å². The van der Waals surface area contributed by atoms with E-state index in [0.29, 0.717) is 28.4 Å². The second-order valence-corrected chi connectivity index (χ2v) is 7.12. The van der Waals surface area contributed by atoms with Crippen molar-refractivity contribution < 1.29 is 4.79 Å². The number of nitrogens with one attached hydrogen (secondary N) is 1. The van der Waals surface area contributed by atoms with Crippen LogP contribution in [-0.2, 0) is 0 Å². The number of hydrogen-bond donors (Lipinski definition) is 1. The molecule has 7 nitrogen and oxygen atoms in total. The van der Waals surface area contributed by atoms with E-state index in [0.717, 1.165) is 16.8 Å². The lowest BCUT2D eigenvalue weighted by Crippen LogP contribution is -2.11. The minimum atomic E-state index is -0.142. The maximum absolute atomic E-state index is 12.4. The Morgan fingerprint density at radius 1 is 0.839 bits per heavy atom. The number of carbonyl (C=O) groups is 1. The third-order valence-corrected chi connectivity index (χ3v) is 4.91. The number of pyridine rings is 1. The molecule has 0 aliphatic carbocycles. The Bertz CT molecular complexity index is 1360. The first-order chi connectivity index (χ1) is 15.2. The van der Waals surface area contributed by atoms with Gasteiger partial charge >= 0.3 is 0 Å². The maximum Gasteiger partial charge on any atom is 0.255 e. The highest BCUT2D eigenvalue weighted by atomic mass is 16.1. The van der Waals surface area contributed by atoms with Crippen molar-refractivity contribution in [3.05, 3.63) is 96.2 Å². The van der Waals surface area contributed by atoms with Gasteiger partial charge in [0.2, 0.25) is 5.82 Å². The van der Waals surface area contributed by atoms with Gasteiger partial charge in [-0.05, 0) is 55.5 Å². The van der Waals surface area contributed by atoms with Gasteiger partial charge in [0.05, 0.1) is 5.69 Å². The number of amides is 1. The van der Waals surface area contributed by atoms with Gasteiger partial charge in [-0.2, -0.15) is 9.61 Å². The molecule has 31 heavy (non-hydrogen) atoms. The summed E-state index contributed by atoms with van der Waals surface area (Å²) in [7, 11) is 0. The topological polar surface area (TPSA) is 85.1 Å². The van der Waals surface area contributed by atoms with Gasteiger partial charge < -0.3 is 5.32 Å². The van der Waals surface area contributed by atoms with Crippen molar-refractivity contribution in [3.8, 4) is 22.8 Å². The highest BCUT2D eigenvalue weighted by Crippen LogP contribution is 2.22. The lowest BCUT2D eigenvalue weighted by atomic mass is 10.1. The minimum absolute atomic E-state index is 0.142. The summed E-state index contributed by atoms with van der Waals surface area (Å²) in [6.45, 7) is 1.99. The molecule has 150 valence electrons. The summed E-state index contributed by atoms with van der Waals surface area (Å²) in [5.74, 6) is 0.441. The lowest BCUT2D eigenvalue weighted by molar-refractivity contribution is 0.102. The van der Waals surface area contributed by atoms with Crippen molar-refractivity contribution in [2.45, 2.75) is 6.92 Å². The third kappa shape index (κ3) is 3.76. The van der Waals surface area contributed by atoms with E-state index < -0.39 is 0 Å². The molecule has 1 N–H and O–H groups in total. The first-order valence-electron chi connectivity index (χ1n) is 9.80. The number of carbonyl (C=O) groups excluding carboxylic acids is 1. The number of benzene rings is 2. The normalized spacial score (nSPS) is 10.9. The quantitative estimate of drug-likeness (QED) is 0.478. The molecular weight excluding hydrogens is 388 g/mol. The van der Waals surface area contributed by atoms with Crippen LogP contribution in [-0.4, -0.2) is 30.7 Å². The average molecular weight is 406 g/mol. The molecule has 0 aliphatic heterocycles. The predicted molar refractivity (Wildman–Crippen MR) is 119 cm³/mol. The highest BCUT2D eigenvalue weighted by molar-refractivity contribution is 6.04. The molecule has 0 aliphatic rings. The van der Waals surface area contributed by atoms with Crippen LogP contribution in [0.3, 0.4) is 0 Å². The van der Waals surface area contributed by atoms with E-state index in [4.69, 9.17) is 5.10 Å². The van der Waals surface area contributed by atoms with Crippen molar-refractivity contribution in [3.63, 3.8) is 0 Å². The second kappa shape index (κ2) is 7.79. The Balaban J connectivity index is 1.40. The maximum atomic E-state index is 12.4. The molecule has 0 spiro atoms. The number of fused-ring (bicyclic) bond motifs is 1. The summed E-state index contributed by atoms with van der Waals surface area (Å²) < 4.78 is 1.69. The van der Waals surface area contributed by atoms with Crippen LogP contribution < -0.4 is 5.32 Å². The number of hydrogen-bond acceptors (Lipinski definition) is 5. The molecule has 0 saturated carbocycles. The SMILES string of the molecule is Cc1ccc(C(=O)Nc2ccc(-c3ccc4nnc(-c5ccccn5)n4n3)cc2)cc1. The number of aromatic nitrogens is 5. The molecule has 0 radical (unpaired) electrons. The number of rotatable bonds is 4. The van der Waals surface area contributed by atoms with Gasteiger partial charge in [0.25, 0.3) is 5.91 Å². The lowest BCUT2D eigenvalue weighted by Gasteiger charge is -2.07. The van der Waals surface area contributed by atoms with E-state index in [1.54, 1.807) is 10.7 Å². The smallest absolute Gasteiger partial charge is 0.255 e. The summed E-state index contributed by atoms with van der Waals surface area (Å²) in [6, 6.07) is 24.4. The van der Waals surface area contributed by atoms with Crippen LogP contribution >= 0.6 is 0 Å². The van der Waals surface area contributed by atoms with E-state index >= 15 is 0 Å². The molecule has 7 heteroatoms.